The van der Waals surface area contributed by atoms with Crippen LogP contribution in [-0.4, -0.2) is 46.5 Å². The van der Waals surface area contributed by atoms with Gasteiger partial charge in [0.1, 0.15) is 5.75 Å². The van der Waals surface area contributed by atoms with Gasteiger partial charge in [0.2, 0.25) is 10.0 Å². The smallest absolute Gasteiger partial charge is 0.258 e. The first-order valence-corrected chi connectivity index (χ1v) is 11.7. The molecule has 1 aliphatic rings. The maximum Gasteiger partial charge on any atom is 0.258 e. The molecule has 1 aliphatic carbocycles. The minimum atomic E-state index is -3.68. The Hall–Kier alpha value is -2.62. The highest BCUT2D eigenvalue weighted by Crippen LogP contribution is 2.21. The zero-order chi connectivity index (χ0) is 22.4. The number of amides is 2. The van der Waals surface area contributed by atoms with E-state index in [2.05, 4.69) is 15.4 Å². The summed E-state index contributed by atoms with van der Waals surface area (Å²) in [4.78, 5) is 24.1. The number of hydrogen-bond acceptors (Lipinski definition) is 5. The molecule has 2 aromatic carbocycles. The molecule has 8 nitrogen and oxygen atoms in total. The number of ether oxygens (including phenoxy) is 1. The highest BCUT2D eigenvalue weighted by molar-refractivity contribution is 7.89. The van der Waals surface area contributed by atoms with E-state index in [4.69, 9.17) is 16.3 Å². The van der Waals surface area contributed by atoms with Crippen molar-refractivity contribution in [1.29, 1.82) is 0 Å². The first kappa shape index (κ1) is 23.1. The van der Waals surface area contributed by atoms with E-state index < -0.39 is 15.9 Å². The molecule has 2 amide bonds. The minimum Gasteiger partial charge on any atom is -0.484 e. The summed E-state index contributed by atoms with van der Waals surface area (Å²) in [5, 5.41) is 5.76. The van der Waals surface area contributed by atoms with E-state index in [-0.39, 0.29) is 28.0 Å². The molecule has 0 radical (unpaired) electrons. The van der Waals surface area contributed by atoms with Crippen LogP contribution in [-0.2, 0) is 21.2 Å². The maximum atomic E-state index is 12.4. The van der Waals surface area contributed by atoms with E-state index in [1.54, 1.807) is 12.1 Å². The summed E-state index contributed by atoms with van der Waals surface area (Å²) < 4.78 is 31.5. The third-order valence-electron chi connectivity index (χ3n) is 4.70. The molecular weight excluding hydrogens is 442 g/mol. The van der Waals surface area contributed by atoms with Crippen molar-refractivity contribution in [3.63, 3.8) is 0 Å². The Labute approximate surface area is 186 Å². The van der Waals surface area contributed by atoms with Crippen molar-refractivity contribution in [3.8, 4) is 5.75 Å². The highest BCUT2D eigenvalue weighted by Gasteiger charge is 2.23. The summed E-state index contributed by atoms with van der Waals surface area (Å²) >= 11 is 6.06. The third-order valence-corrected chi connectivity index (χ3v) is 6.44. The molecule has 31 heavy (non-hydrogen) atoms. The second-order valence-corrected chi connectivity index (χ2v) is 9.42. The van der Waals surface area contributed by atoms with Gasteiger partial charge < -0.3 is 15.4 Å². The van der Waals surface area contributed by atoms with Crippen LogP contribution in [0.25, 0.3) is 0 Å². The predicted octanol–water partition coefficient (Wildman–Crippen LogP) is 1.88. The summed E-state index contributed by atoms with van der Waals surface area (Å²) in [5.74, 6) is 0.00684. The van der Waals surface area contributed by atoms with Gasteiger partial charge in [0.25, 0.3) is 11.8 Å². The third kappa shape index (κ3) is 6.68. The van der Waals surface area contributed by atoms with Crippen molar-refractivity contribution >= 4 is 33.4 Å². The number of sulfonamides is 1. The minimum absolute atomic E-state index is 0.0189. The number of benzene rings is 2. The van der Waals surface area contributed by atoms with E-state index in [0.29, 0.717) is 24.8 Å². The van der Waals surface area contributed by atoms with Crippen LogP contribution in [0.3, 0.4) is 0 Å². The lowest BCUT2D eigenvalue weighted by Crippen LogP contribution is -2.30. The molecular formula is C21H24ClN3O5S. The molecule has 166 valence electrons. The molecule has 0 heterocycles. The van der Waals surface area contributed by atoms with Crippen molar-refractivity contribution in [1.82, 2.24) is 15.4 Å². The van der Waals surface area contributed by atoms with E-state index in [9.17, 15) is 18.0 Å². The van der Waals surface area contributed by atoms with Crippen molar-refractivity contribution < 1.29 is 22.7 Å². The molecule has 10 heteroatoms. The predicted molar refractivity (Wildman–Crippen MR) is 117 cm³/mol. The molecule has 3 rings (SSSR count). The molecule has 0 saturated heterocycles. The zero-order valence-corrected chi connectivity index (χ0v) is 18.6. The van der Waals surface area contributed by atoms with Gasteiger partial charge in [-0.2, -0.15) is 0 Å². The van der Waals surface area contributed by atoms with Crippen molar-refractivity contribution in [2.45, 2.75) is 30.2 Å². The van der Waals surface area contributed by atoms with Gasteiger partial charge >= 0.3 is 0 Å². The molecule has 0 unspecified atom stereocenters. The van der Waals surface area contributed by atoms with E-state index in [1.807, 2.05) is 12.1 Å². The van der Waals surface area contributed by atoms with Crippen LogP contribution in [0.2, 0.25) is 5.02 Å². The highest BCUT2D eigenvalue weighted by atomic mass is 35.5. The number of hydrogen-bond donors (Lipinski definition) is 3. The van der Waals surface area contributed by atoms with Crippen LogP contribution in [0, 0.1) is 0 Å². The summed E-state index contributed by atoms with van der Waals surface area (Å²) in [6.45, 7) is 0.317. The summed E-state index contributed by atoms with van der Waals surface area (Å²) in [6.07, 6.45) is 2.62. The van der Waals surface area contributed by atoms with E-state index >= 15 is 0 Å². The quantitative estimate of drug-likeness (QED) is 0.495. The van der Waals surface area contributed by atoms with Crippen LogP contribution in [0.1, 0.15) is 28.8 Å². The maximum absolute atomic E-state index is 12.4. The van der Waals surface area contributed by atoms with Gasteiger partial charge in [0, 0.05) is 12.6 Å². The summed E-state index contributed by atoms with van der Waals surface area (Å²) in [6, 6.07) is 11.5. The van der Waals surface area contributed by atoms with Gasteiger partial charge in [0.15, 0.2) is 6.61 Å². The molecule has 1 fully saturated rings. The lowest BCUT2D eigenvalue weighted by Gasteiger charge is -2.10. The molecule has 0 atom stereocenters. The Kier molecular flexibility index (Phi) is 7.53. The molecule has 2 aromatic rings. The van der Waals surface area contributed by atoms with Gasteiger partial charge in [-0.15, -0.1) is 0 Å². The van der Waals surface area contributed by atoms with E-state index in [0.717, 1.165) is 18.4 Å². The molecule has 0 spiro atoms. The van der Waals surface area contributed by atoms with Crippen LogP contribution >= 0.6 is 11.6 Å². The van der Waals surface area contributed by atoms with Crippen molar-refractivity contribution in [3.05, 3.63) is 58.6 Å². The van der Waals surface area contributed by atoms with Gasteiger partial charge in [-0.1, -0.05) is 23.7 Å². The van der Waals surface area contributed by atoms with Crippen molar-refractivity contribution in [2.24, 2.45) is 0 Å². The fourth-order valence-corrected chi connectivity index (χ4v) is 3.74. The lowest BCUT2D eigenvalue weighted by molar-refractivity contribution is -0.123. The number of halogens is 1. The Morgan fingerprint density at radius 2 is 1.84 bits per heavy atom. The molecule has 1 saturated carbocycles. The average molecular weight is 466 g/mol. The molecule has 0 aliphatic heterocycles. The normalized spacial score (nSPS) is 13.5. The second kappa shape index (κ2) is 10.1. The first-order chi connectivity index (χ1) is 14.8. The Morgan fingerprint density at radius 1 is 1.13 bits per heavy atom. The van der Waals surface area contributed by atoms with Crippen molar-refractivity contribution in [2.75, 3.05) is 20.2 Å². The molecule has 3 N–H and O–H groups in total. The van der Waals surface area contributed by atoms with Gasteiger partial charge in [-0.05, 0) is 62.2 Å². The lowest BCUT2D eigenvalue weighted by atomic mass is 10.1. The number of nitrogens with one attached hydrogen (secondary N) is 3. The Morgan fingerprint density at radius 3 is 2.48 bits per heavy atom. The van der Waals surface area contributed by atoms with Gasteiger partial charge in [-0.3, -0.25) is 9.59 Å². The molecule has 0 bridgehead atoms. The van der Waals surface area contributed by atoms with Gasteiger partial charge in [0.05, 0.1) is 15.5 Å². The zero-order valence-electron chi connectivity index (χ0n) is 17.0. The monoisotopic (exact) mass is 465 g/mol. The average Bonchev–Trinajstić information content (AvgIpc) is 3.57. The summed E-state index contributed by atoms with van der Waals surface area (Å²) in [5.41, 5.74) is 1.05. The fraction of sp³-hybridized carbons (Fsp3) is 0.333. The fourth-order valence-electron chi connectivity index (χ4n) is 2.78. The van der Waals surface area contributed by atoms with Crippen LogP contribution in [0.15, 0.2) is 47.4 Å². The standard InChI is InChI=1S/C21H24ClN3O5S/c1-23-31(28,29)17-8-9-19(22)18(12-17)21(27)24-11-10-14-2-6-16(7-3-14)30-13-20(26)25-15-4-5-15/h2-3,6-9,12,15,23H,4-5,10-11,13H2,1H3,(H,24,27)(H,25,26). The Balaban J connectivity index is 1.49. The van der Waals surface area contributed by atoms with Crippen LogP contribution < -0.4 is 20.1 Å². The molecule has 0 aromatic heterocycles. The first-order valence-electron chi connectivity index (χ1n) is 9.81. The Bertz CT molecular complexity index is 1050. The SMILES string of the molecule is CNS(=O)(=O)c1ccc(Cl)c(C(=O)NCCc2ccc(OCC(=O)NC3CC3)cc2)c1. The van der Waals surface area contributed by atoms with E-state index in [1.165, 1.54) is 25.2 Å². The largest absolute Gasteiger partial charge is 0.484 e. The van der Waals surface area contributed by atoms with Crippen LogP contribution in [0.5, 0.6) is 5.75 Å². The number of carbonyl (C=O) groups excluding carboxylic acids is 2. The van der Waals surface area contributed by atoms with Gasteiger partial charge in [-0.25, -0.2) is 13.1 Å². The number of carbonyl (C=O) groups is 2. The number of rotatable bonds is 10. The topological polar surface area (TPSA) is 114 Å². The second-order valence-electron chi connectivity index (χ2n) is 7.13. The van der Waals surface area contributed by atoms with Crippen LogP contribution in [0.4, 0.5) is 0 Å². The summed E-state index contributed by atoms with van der Waals surface area (Å²) in [7, 11) is -2.38.